The zero-order chi connectivity index (χ0) is 13.8. The van der Waals surface area contributed by atoms with Gasteiger partial charge in [0.1, 0.15) is 0 Å². The summed E-state index contributed by atoms with van der Waals surface area (Å²) in [6.07, 6.45) is 0. The molecule has 0 saturated carbocycles. The van der Waals surface area contributed by atoms with Crippen LogP contribution in [0, 0.1) is 0 Å². The smallest absolute Gasteiger partial charge is 0.0319 e. The van der Waals surface area contributed by atoms with Crippen molar-refractivity contribution in [2.75, 3.05) is 14.1 Å². The van der Waals surface area contributed by atoms with Crippen molar-refractivity contribution < 1.29 is 0 Å². The van der Waals surface area contributed by atoms with Crippen LogP contribution in [0.2, 0.25) is 0 Å². The van der Waals surface area contributed by atoms with E-state index in [1.807, 2.05) is 13.8 Å². The van der Waals surface area contributed by atoms with Crippen LogP contribution in [0.4, 0.5) is 0 Å². The van der Waals surface area contributed by atoms with E-state index in [-0.39, 0.29) is 0 Å². The molecule has 2 nitrogen and oxygen atoms in total. The summed E-state index contributed by atoms with van der Waals surface area (Å²) < 4.78 is 0. The zero-order valence-electron chi connectivity index (χ0n) is 12.6. The summed E-state index contributed by atoms with van der Waals surface area (Å²) in [4.78, 5) is 2.37. The predicted molar refractivity (Wildman–Crippen MR) is 79.2 cm³/mol. The van der Waals surface area contributed by atoms with Crippen molar-refractivity contribution in [3.63, 3.8) is 0 Å². The van der Waals surface area contributed by atoms with E-state index in [0.717, 1.165) is 0 Å². The molecule has 0 aliphatic heterocycles. The molecule has 0 spiro atoms. The first-order chi connectivity index (χ1) is 8.13. The zero-order valence-corrected chi connectivity index (χ0v) is 12.6. The SMILES string of the molecule is CC.CC(C)N(C)C(C)c1ccccc1.CN. The second-order valence-corrected chi connectivity index (χ2v) is 3.85. The lowest BCUT2D eigenvalue weighted by molar-refractivity contribution is 0.210. The summed E-state index contributed by atoms with van der Waals surface area (Å²) in [5.74, 6) is 0. The van der Waals surface area contributed by atoms with Crippen LogP contribution in [-0.2, 0) is 0 Å². The maximum absolute atomic E-state index is 4.50. The molecule has 0 aromatic heterocycles. The van der Waals surface area contributed by atoms with Gasteiger partial charge in [-0.05, 0) is 40.4 Å². The normalized spacial score (nSPS) is 11.2. The van der Waals surface area contributed by atoms with E-state index in [2.05, 4.69) is 68.8 Å². The van der Waals surface area contributed by atoms with Gasteiger partial charge in [0, 0.05) is 12.1 Å². The summed E-state index contributed by atoms with van der Waals surface area (Å²) in [6, 6.07) is 11.7. The van der Waals surface area contributed by atoms with E-state index in [0.29, 0.717) is 12.1 Å². The topological polar surface area (TPSA) is 29.3 Å². The molecule has 0 fully saturated rings. The van der Waals surface area contributed by atoms with Crippen molar-refractivity contribution in [2.24, 2.45) is 5.73 Å². The predicted octanol–water partition coefficient (Wildman–Crippen LogP) is 3.69. The minimum Gasteiger partial charge on any atom is -0.333 e. The Labute approximate surface area is 108 Å². The molecule has 0 radical (unpaired) electrons. The minimum atomic E-state index is 0.501. The first-order valence-electron chi connectivity index (χ1n) is 6.47. The molecule has 0 heterocycles. The number of benzene rings is 1. The molecule has 0 amide bonds. The third kappa shape index (κ3) is 7.14. The lowest BCUT2D eigenvalue weighted by Crippen LogP contribution is -2.29. The number of nitrogens with two attached hydrogens (primary N) is 1. The molecule has 1 atom stereocenters. The van der Waals surface area contributed by atoms with Crippen molar-refractivity contribution in [1.82, 2.24) is 4.90 Å². The lowest BCUT2D eigenvalue weighted by Gasteiger charge is -2.28. The Bertz CT molecular complexity index is 244. The van der Waals surface area contributed by atoms with Crippen LogP contribution in [0.15, 0.2) is 30.3 Å². The third-order valence-electron chi connectivity index (χ3n) is 2.71. The largest absolute Gasteiger partial charge is 0.333 e. The Hall–Kier alpha value is -0.860. The molecule has 0 aliphatic rings. The highest BCUT2D eigenvalue weighted by atomic mass is 15.1. The monoisotopic (exact) mass is 238 g/mol. The van der Waals surface area contributed by atoms with Gasteiger partial charge >= 0.3 is 0 Å². The summed E-state index contributed by atoms with van der Waals surface area (Å²) >= 11 is 0. The Kier molecular flexibility index (Phi) is 12.6. The summed E-state index contributed by atoms with van der Waals surface area (Å²) in [5, 5.41) is 0. The van der Waals surface area contributed by atoms with Crippen LogP contribution in [-0.4, -0.2) is 25.0 Å². The van der Waals surface area contributed by atoms with Crippen molar-refractivity contribution in [3.8, 4) is 0 Å². The van der Waals surface area contributed by atoms with Gasteiger partial charge in [0.2, 0.25) is 0 Å². The molecule has 0 saturated heterocycles. The molecule has 17 heavy (non-hydrogen) atoms. The maximum atomic E-state index is 4.50. The van der Waals surface area contributed by atoms with Gasteiger partial charge in [-0.25, -0.2) is 0 Å². The minimum absolute atomic E-state index is 0.501. The molecular weight excluding hydrogens is 208 g/mol. The van der Waals surface area contributed by atoms with E-state index in [1.54, 1.807) is 0 Å². The highest BCUT2D eigenvalue weighted by Crippen LogP contribution is 2.19. The summed E-state index contributed by atoms with van der Waals surface area (Å²) in [5.41, 5.74) is 5.89. The molecule has 1 rings (SSSR count). The van der Waals surface area contributed by atoms with Crippen LogP contribution in [0.25, 0.3) is 0 Å². The van der Waals surface area contributed by atoms with Crippen molar-refractivity contribution in [3.05, 3.63) is 35.9 Å². The van der Waals surface area contributed by atoms with Gasteiger partial charge in [0.15, 0.2) is 0 Å². The lowest BCUT2D eigenvalue weighted by atomic mass is 10.1. The third-order valence-corrected chi connectivity index (χ3v) is 2.71. The maximum Gasteiger partial charge on any atom is 0.0319 e. The van der Waals surface area contributed by atoms with Crippen LogP contribution in [0.1, 0.15) is 46.2 Å². The molecule has 2 N–H and O–H groups in total. The summed E-state index contributed by atoms with van der Waals surface area (Å²) in [7, 11) is 3.67. The Balaban J connectivity index is 0. The fourth-order valence-electron chi connectivity index (χ4n) is 1.41. The number of hydrogen-bond acceptors (Lipinski definition) is 2. The average Bonchev–Trinajstić information content (AvgIpc) is 2.42. The van der Waals surface area contributed by atoms with E-state index < -0.39 is 0 Å². The first kappa shape index (κ1) is 18.5. The van der Waals surface area contributed by atoms with E-state index in [4.69, 9.17) is 0 Å². The quantitative estimate of drug-likeness (QED) is 0.870. The van der Waals surface area contributed by atoms with Crippen molar-refractivity contribution in [1.29, 1.82) is 0 Å². The van der Waals surface area contributed by atoms with Crippen LogP contribution >= 0.6 is 0 Å². The van der Waals surface area contributed by atoms with E-state index in [1.165, 1.54) is 12.6 Å². The Morgan fingerprint density at radius 2 is 1.35 bits per heavy atom. The first-order valence-corrected chi connectivity index (χ1v) is 6.47. The summed E-state index contributed by atoms with van der Waals surface area (Å²) in [6.45, 7) is 10.7. The van der Waals surface area contributed by atoms with Gasteiger partial charge in [-0.3, -0.25) is 4.90 Å². The molecular formula is C15H30N2. The molecule has 1 aromatic rings. The fourth-order valence-corrected chi connectivity index (χ4v) is 1.41. The van der Waals surface area contributed by atoms with Gasteiger partial charge in [0.05, 0.1) is 0 Å². The molecule has 1 unspecified atom stereocenters. The second kappa shape index (κ2) is 11.6. The second-order valence-electron chi connectivity index (χ2n) is 3.85. The Morgan fingerprint density at radius 3 is 1.71 bits per heavy atom. The number of rotatable bonds is 3. The van der Waals surface area contributed by atoms with Crippen LogP contribution in [0.5, 0.6) is 0 Å². The fraction of sp³-hybridized carbons (Fsp3) is 0.600. The molecule has 0 aliphatic carbocycles. The van der Waals surface area contributed by atoms with Crippen molar-refractivity contribution >= 4 is 0 Å². The molecule has 2 heteroatoms. The average molecular weight is 238 g/mol. The van der Waals surface area contributed by atoms with Crippen LogP contribution < -0.4 is 5.73 Å². The van der Waals surface area contributed by atoms with Crippen LogP contribution in [0.3, 0.4) is 0 Å². The van der Waals surface area contributed by atoms with E-state index in [9.17, 15) is 0 Å². The van der Waals surface area contributed by atoms with Gasteiger partial charge in [-0.2, -0.15) is 0 Å². The molecule has 0 bridgehead atoms. The number of nitrogens with zero attached hydrogens (tertiary/aromatic N) is 1. The highest BCUT2D eigenvalue weighted by Gasteiger charge is 2.12. The number of hydrogen-bond donors (Lipinski definition) is 1. The van der Waals surface area contributed by atoms with E-state index >= 15 is 0 Å². The standard InChI is InChI=1S/C12H19N.C2H6.CH5N/c1-10(2)13(4)11(3)12-8-6-5-7-9-12;2*1-2/h5-11H,1-4H3;1-2H3;2H2,1H3. The van der Waals surface area contributed by atoms with Gasteiger partial charge < -0.3 is 5.73 Å². The Morgan fingerprint density at radius 1 is 0.941 bits per heavy atom. The van der Waals surface area contributed by atoms with Crippen molar-refractivity contribution in [2.45, 2.75) is 46.7 Å². The molecule has 1 aromatic carbocycles. The van der Waals surface area contributed by atoms with Gasteiger partial charge in [0.25, 0.3) is 0 Å². The molecule has 100 valence electrons. The van der Waals surface area contributed by atoms with Gasteiger partial charge in [-0.1, -0.05) is 44.2 Å². The highest BCUT2D eigenvalue weighted by molar-refractivity contribution is 5.18. The van der Waals surface area contributed by atoms with Gasteiger partial charge in [-0.15, -0.1) is 0 Å².